The maximum absolute atomic E-state index is 14.6. The molecule has 1 saturated heterocycles. The normalized spacial score (nSPS) is 19.8. The molecule has 1 aliphatic rings. The van der Waals surface area contributed by atoms with Crippen LogP contribution in [-0.4, -0.2) is 53.6 Å². The van der Waals surface area contributed by atoms with E-state index in [4.69, 9.17) is 4.74 Å². The quantitative estimate of drug-likeness (QED) is 0.494. The number of benzene rings is 1. The number of guanidine groups is 1. The second kappa shape index (κ2) is 8.41. The molecule has 0 spiro atoms. The van der Waals surface area contributed by atoms with Crippen LogP contribution in [0.4, 0.5) is 4.39 Å². The first-order chi connectivity index (χ1) is 13.4. The molecule has 1 fully saturated rings. The second-order valence-electron chi connectivity index (χ2n) is 7.04. The van der Waals surface area contributed by atoms with Gasteiger partial charge in [-0.05, 0) is 30.5 Å². The van der Waals surface area contributed by atoms with Crippen LogP contribution in [0, 0.1) is 24.6 Å². The predicted octanol–water partition coefficient (Wildman–Crippen LogP) is 2.14. The molecule has 150 valence electrons. The lowest BCUT2D eigenvalue weighted by atomic mass is 9.99. The van der Waals surface area contributed by atoms with Gasteiger partial charge in [-0.3, -0.25) is 9.79 Å². The van der Waals surface area contributed by atoms with Gasteiger partial charge in [0.05, 0.1) is 18.7 Å². The highest BCUT2D eigenvalue weighted by Gasteiger charge is 2.36. The molecule has 2 atom stereocenters. The SMILES string of the molecule is CN=C(NCc1ccc(-n2ccnc2C)c(F)c1)N1CC(C)C(C(=O)OC)C1. The molecule has 1 aromatic carbocycles. The number of hydrogen-bond donors (Lipinski definition) is 1. The Balaban J connectivity index is 1.65. The van der Waals surface area contributed by atoms with E-state index >= 15 is 0 Å². The average molecular weight is 387 g/mol. The molecule has 1 N–H and O–H groups in total. The summed E-state index contributed by atoms with van der Waals surface area (Å²) in [6, 6.07) is 5.13. The molecule has 1 aromatic heterocycles. The zero-order valence-corrected chi connectivity index (χ0v) is 16.6. The monoisotopic (exact) mass is 387 g/mol. The van der Waals surface area contributed by atoms with Gasteiger partial charge in [-0.25, -0.2) is 9.37 Å². The molecule has 0 amide bonds. The molecule has 2 heterocycles. The van der Waals surface area contributed by atoms with Gasteiger partial charge in [0, 0.05) is 39.1 Å². The van der Waals surface area contributed by atoms with Crippen molar-refractivity contribution in [2.24, 2.45) is 16.8 Å². The van der Waals surface area contributed by atoms with E-state index in [2.05, 4.69) is 15.3 Å². The van der Waals surface area contributed by atoms with Crippen LogP contribution in [0.15, 0.2) is 35.6 Å². The van der Waals surface area contributed by atoms with Gasteiger partial charge in [-0.2, -0.15) is 0 Å². The molecule has 0 bridgehead atoms. The van der Waals surface area contributed by atoms with E-state index in [1.54, 1.807) is 30.1 Å². The molecule has 2 unspecified atom stereocenters. The van der Waals surface area contributed by atoms with Crippen molar-refractivity contribution < 1.29 is 13.9 Å². The van der Waals surface area contributed by atoms with Crippen molar-refractivity contribution in [1.29, 1.82) is 0 Å². The van der Waals surface area contributed by atoms with E-state index in [-0.39, 0.29) is 23.6 Å². The van der Waals surface area contributed by atoms with Crippen LogP contribution in [0.1, 0.15) is 18.3 Å². The Hall–Kier alpha value is -2.90. The van der Waals surface area contributed by atoms with Crippen molar-refractivity contribution >= 4 is 11.9 Å². The number of imidazole rings is 1. The Morgan fingerprint density at radius 2 is 2.21 bits per heavy atom. The average Bonchev–Trinajstić information content (AvgIpc) is 3.27. The van der Waals surface area contributed by atoms with Gasteiger partial charge in [-0.15, -0.1) is 0 Å². The smallest absolute Gasteiger partial charge is 0.310 e. The van der Waals surface area contributed by atoms with E-state index < -0.39 is 0 Å². The summed E-state index contributed by atoms with van der Waals surface area (Å²) in [4.78, 5) is 22.4. The first-order valence-corrected chi connectivity index (χ1v) is 9.26. The topological polar surface area (TPSA) is 71.8 Å². The maximum Gasteiger partial charge on any atom is 0.310 e. The van der Waals surface area contributed by atoms with Gasteiger partial charge < -0.3 is 19.5 Å². The number of carbonyl (C=O) groups excluding carboxylic acids is 1. The third-order valence-corrected chi connectivity index (χ3v) is 5.18. The van der Waals surface area contributed by atoms with E-state index in [0.29, 0.717) is 31.3 Å². The molecular weight excluding hydrogens is 361 g/mol. The maximum atomic E-state index is 14.6. The first kappa shape index (κ1) is 19.9. The Kier molecular flexibility index (Phi) is 5.96. The van der Waals surface area contributed by atoms with Gasteiger partial charge in [0.2, 0.25) is 0 Å². The molecule has 0 radical (unpaired) electrons. The highest BCUT2D eigenvalue weighted by atomic mass is 19.1. The lowest BCUT2D eigenvalue weighted by Gasteiger charge is -2.21. The van der Waals surface area contributed by atoms with Crippen molar-refractivity contribution in [3.63, 3.8) is 0 Å². The van der Waals surface area contributed by atoms with E-state index in [1.165, 1.54) is 13.2 Å². The minimum Gasteiger partial charge on any atom is -0.469 e. The number of carbonyl (C=O) groups is 1. The molecule has 1 aliphatic heterocycles. The summed E-state index contributed by atoms with van der Waals surface area (Å²) < 4.78 is 21.2. The second-order valence-corrected chi connectivity index (χ2v) is 7.04. The van der Waals surface area contributed by atoms with Crippen LogP contribution in [-0.2, 0) is 16.1 Å². The minimum atomic E-state index is -0.309. The summed E-state index contributed by atoms with van der Waals surface area (Å²) in [5.41, 5.74) is 1.27. The standard InChI is InChI=1S/C20H26FN5O2/c1-13-11-25(12-16(13)19(27)28-4)20(22-3)24-10-15-5-6-18(17(21)9-15)26-8-7-23-14(26)2/h5-9,13,16H,10-12H2,1-4H3,(H,22,24). The lowest BCUT2D eigenvalue weighted by molar-refractivity contribution is -0.145. The highest BCUT2D eigenvalue weighted by molar-refractivity contribution is 5.82. The third-order valence-electron chi connectivity index (χ3n) is 5.18. The number of rotatable bonds is 4. The lowest BCUT2D eigenvalue weighted by Crippen LogP contribution is -2.40. The molecule has 3 rings (SSSR count). The number of halogens is 1. The fourth-order valence-corrected chi connectivity index (χ4v) is 3.60. The van der Waals surface area contributed by atoms with E-state index in [9.17, 15) is 9.18 Å². The summed E-state index contributed by atoms with van der Waals surface area (Å²) in [5.74, 6) is 0.926. The zero-order chi connectivity index (χ0) is 20.3. The van der Waals surface area contributed by atoms with Crippen molar-refractivity contribution in [2.75, 3.05) is 27.2 Å². The number of likely N-dealkylation sites (tertiary alicyclic amines) is 1. The van der Waals surface area contributed by atoms with Crippen LogP contribution in [0.5, 0.6) is 0 Å². The van der Waals surface area contributed by atoms with Crippen molar-refractivity contribution in [1.82, 2.24) is 19.8 Å². The van der Waals surface area contributed by atoms with Gasteiger partial charge in [0.25, 0.3) is 0 Å². The van der Waals surface area contributed by atoms with Crippen molar-refractivity contribution in [3.8, 4) is 5.69 Å². The van der Waals surface area contributed by atoms with Crippen LogP contribution < -0.4 is 5.32 Å². The summed E-state index contributed by atoms with van der Waals surface area (Å²) in [7, 11) is 3.11. The van der Waals surface area contributed by atoms with Crippen molar-refractivity contribution in [2.45, 2.75) is 20.4 Å². The van der Waals surface area contributed by atoms with E-state index in [1.807, 2.05) is 24.8 Å². The number of aliphatic imine (C=N–C) groups is 1. The van der Waals surface area contributed by atoms with Gasteiger partial charge in [-0.1, -0.05) is 13.0 Å². The fourth-order valence-electron chi connectivity index (χ4n) is 3.60. The largest absolute Gasteiger partial charge is 0.469 e. The zero-order valence-electron chi connectivity index (χ0n) is 16.6. The number of aromatic nitrogens is 2. The molecule has 0 aliphatic carbocycles. The Labute approximate surface area is 164 Å². The van der Waals surface area contributed by atoms with Crippen LogP contribution in [0.2, 0.25) is 0 Å². The number of ether oxygens (including phenoxy) is 1. The number of aryl methyl sites for hydroxylation is 1. The predicted molar refractivity (Wildman–Crippen MR) is 105 cm³/mol. The number of methoxy groups -OCH3 is 1. The van der Waals surface area contributed by atoms with Gasteiger partial charge in [0.1, 0.15) is 11.6 Å². The Morgan fingerprint density at radius 3 is 2.82 bits per heavy atom. The minimum absolute atomic E-state index is 0.168. The number of esters is 1. The molecule has 7 nitrogen and oxygen atoms in total. The molecule has 8 heteroatoms. The molecule has 0 saturated carbocycles. The first-order valence-electron chi connectivity index (χ1n) is 9.26. The number of nitrogens with one attached hydrogen (secondary N) is 1. The van der Waals surface area contributed by atoms with Crippen LogP contribution in [0.25, 0.3) is 5.69 Å². The van der Waals surface area contributed by atoms with Gasteiger partial charge >= 0.3 is 5.97 Å². The highest BCUT2D eigenvalue weighted by Crippen LogP contribution is 2.24. The summed E-state index contributed by atoms with van der Waals surface area (Å²) in [6.45, 7) is 5.56. The van der Waals surface area contributed by atoms with Gasteiger partial charge in [0.15, 0.2) is 5.96 Å². The third kappa shape index (κ3) is 4.00. The fraction of sp³-hybridized carbons (Fsp3) is 0.450. The Morgan fingerprint density at radius 1 is 1.43 bits per heavy atom. The molecule has 2 aromatic rings. The van der Waals surface area contributed by atoms with Crippen molar-refractivity contribution in [3.05, 3.63) is 47.8 Å². The van der Waals surface area contributed by atoms with E-state index in [0.717, 1.165) is 11.4 Å². The molecule has 28 heavy (non-hydrogen) atoms. The van der Waals surface area contributed by atoms with Crippen LogP contribution in [0.3, 0.4) is 0 Å². The molecular formula is C20H26FN5O2. The number of nitrogens with zero attached hydrogens (tertiary/aromatic N) is 4. The van der Waals surface area contributed by atoms with Crippen LogP contribution >= 0.6 is 0 Å². The summed E-state index contributed by atoms with van der Waals surface area (Å²) in [6.07, 6.45) is 3.38. The summed E-state index contributed by atoms with van der Waals surface area (Å²) in [5, 5.41) is 3.26. The Bertz CT molecular complexity index is 879. The summed E-state index contributed by atoms with van der Waals surface area (Å²) >= 11 is 0. The number of hydrogen-bond acceptors (Lipinski definition) is 4.